The lowest BCUT2D eigenvalue weighted by molar-refractivity contribution is -0.138. The van der Waals surface area contributed by atoms with Gasteiger partial charge in [0.1, 0.15) is 24.1 Å². The third-order valence-corrected chi connectivity index (χ3v) is 4.91. The number of hydrogen-bond acceptors (Lipinski definition) is 5. The minimum absolute atomic E-state index is 0.00357. The maximum absolute atomic E-state index is 13.4. The number of rotatable bonds is 5. The van der Waals surface area contributed by atoms with Crippen LogP contribution >= 0.6 is 0 Å². The van der Waals surface area contributed by atoms with Gasteiger partial charge in [0.05, 0.1) is 16.8 Å². The van der Waals surface area contributed by atoms with E-state index in [9.17, 15) is 26.3 Å². The fourth-order valence-corrected chi connectivity index (χ4v) is 3.16. The van der Waals surface area contributed by atoms with Gasteiger partial charge >= 0.3 is 12.4 Å². The highest BCUT2D eigenvalue weighted by atomic mass is 19.4. The molecule has 2 heterocycles. The van der Waals surface area contributed by atoms with Crippen molar-refractivity contribution in [3.8, 4) is 34.3 Å². The molecule has 2 aromatic carbocycles. The monoisotopic (exact) mass is 489 g/mol. The number of pyridine rings is 1. The first kappa shape index (κ1) is 23.7. The normalized spacial score (nSPS) is 11.8. The first-order chi connectivity index (χ1) is 16.5. The molecule has 0 atom stereocenters. The van der Waals surface area contributed by atoms with E-state index in [1.54, 1.807) is 30.3 Å². The van der Waals surface area contributed by atoms with E-state index in [0.717, 1.165) is 24.4 Å². The molecular formula is C23H13F6N5O. The van der Waals surface area contributed by atoms with Gasteiger partial charge in [-0.3, -0.25) is 4.98 Å². The Morgan fingerprint density at radius 1 is 0.829 bits per heavy atom. The van der Waals surface area contributed by atoms with Gasteiger partial charge < -0.3 is 4.74 Å². The Morgan fingerprint density at radius 3 is 2.14 bits per heavy atom. The number of halogens is 6. The number of alkyl halides is 6. The highest BCUT2D eigenvalue weighted by molar-refractivity contribution is 5.67. The number of nitriles is 1. The van der Waals surface area contributed by atoms with Gasteiger partial charge in [-0.2, -0.15) is 41.9 Å². The zero-order valence-corrected chi connectivity index (χ0v) is 17.4. The molecule has 35 heavy (non-hydrogen) atoms. The summed E-state index contributed by atoms with van der Waals surface area (Å²) in [7, 11) is 0. The van der Waals surface area contributed by atoms with Gasteiger partial charge in [0.25, 0.3) is 0 Å². The molecule has 0 aliphatic carbocycles. The Labute approximate surface area is 193 Å². The van der Waals surface area contributed by atoms with Gasteiger partial charge in [-0.25, -0.2) is 0 Å². The number of benzene rings is 2. The van der Waals surface area contributed by atoms with Gasteiger partial charge in [0, 0.05) is 17.3 Å². The Balaban J connectivity index is 1.53. The number of nitrogens with zero attached hydrogens (tertiary/aromatic N) is 4. The highest BCUT2D eigenvalue weighted by Gasteiger charge is 2.32. The minimum atomic E-state index is -4.67. The van der Waals surface area contributed by atoms with Gasteiger partial charge in [0.2, 0.25) is 0 Å². The van der Waals surface area contributed by atoms with Gasteiger partial charge in [0.15, 0.2) is 5.69 Å². The molecule has 0 amide bonds. The molecule has 0 aliphatic heterocycles. The summed E-state index contributed by atoms with van der Waals surface area (Å²) in [6, 6.07) is 13.4. The van der Waals surface area contributed by atoms with Crippen LogP contribution in [0.2, 0.25) is 0 Å². The third kappa shape index (κ3) is 5.40. The predicted molar refractivity (Wildman–Crippen MR) is 111 cm³/mol. The molecule has 178 valence electrons. The fourth-order valence-electron chi connectivity index (χ4n) is 3.16. The molecule has 0 aliphatic rings. The first-order valence-electron chi connectivity index (χ1n) is 9.83. The van der Waals surface area contributed by atoms with E-state index in [4.69, 9.17) is 10.00 Å². The lowest BCUT2D eigenvalue weighted by atomic mass is 10.1. The largest absolute Gasteiger partial charge is 0.489 e. The summed E-state index contributed by atoms with van der Waals surface area (Å²) >= 11 is 0. The Bertz CT molecular complexity index is 1370. The van der Waals surface area contributed by atoms with Crippen LogP contribution in [-0.4, -0.2) is 20.4 Å². The highest BCUT2D eigenvalue weighted by Crippen LogP contribution is 2.36. The average Bonchev–Trinajstić information content (AvgIpc) is 3.31. The van der Waals surface area contributed by atoms with E-state index in [2.05, 4.69) is 20.4 Å². The van der Waals surface area contributed by atoms with Crippen molar-refractivity contribution in [2.45, 2.75) is 19.0 Å². The Kier molecular flexibility index (Phi) is 6.17. The Hall–Kier alpha value is -4.40. The summed E-state index contributed by atoms with van der Waals surface area (Å²) in [5, 5.41) is 18.6. The second kappa shape index (κ2) is 9.09. The fraction of sp³-hybridized carbons (Fsp3) is 0.130. The van der Waals surface area contributed by atoms with Gasteiger partial charge in [-0.05, 0) is 35.9 Å². The van der Waals surface area contributed by atoms with E-state index in [0.29, 0.717) is 16.8 Å². The van der Waals surface area contributed by atoms with Crippen LogP contribution < -0.4 is 4.74 Å². The smallest absolute Gasteiger partial charge is 0.417 e. The van der Waals surface area contributed by atoms with Crippen LogP contribution in [0.3, 0.4) is 0 Å². The molecule has 2 aromatic heterocycles. The zero-order chi connectivity index (χ0) is 25.2. The maximum Gasteiger partial charge on any atom is 0.417 e. The van der Waals surface area contributed by atoms with Crippen molar-refractivity contribution >= 4 is 0 Å². The van der Waals surface area contributed by atoms with E-state index in [-0.39, 0.29) is 29.3 Å². The van der Waals surface area contributed by atoms with Gasteiger partial charge in [-0.15, -0.1) is 5.10 Å². The summed E-state index contributed by atoms with van der Waals surface area (Å²) < 4.78 is 83.8. The van der Waals surface area contributed by atoms with Crippen LogP contribution in [0.5, 0.6) is 5.75 Å². The van der Waals surface area contributed by atoms with Crippen molar-refractivity contribution in [1.82, 2.24) is 20.4 Å². The second-order valence-electron chi connectivity index (χ2n) is 7.29. The van der Waals surface area contributed by atoms with Gasteiger partial charge in [-0.1, -0.05) is 24.3 Å². The molecule has 12 heteroatoms. The second-order valence-corrected chi connectivity index (χ2v) is 7.29. The van der Waals surface area contributed by atoms with Crippen molar-refractivity contribution in [2.75, 3.05) is 0 Å². The predicted octanol–water partition coefficient (Wildman–Crippen LogP) is 6.02. The summed E-state index contributed by atoms with van der Waals surface area (Å²) in [5.74, 6) is -0.102. The van der Waals surface area contributed by atoms with Crippen LogP contribution in [0.25, 0.3) is 22.5 Å². The minimum Gasteiger partial charge on any atom is -0.489 e. The molecule has 0 spiro atoms. The molecule has 0 unspecified atom stereocenters. The van der Waals surface area contributed by atoms with Crippen molar-refractivity contribution in [2.24, 2.45) is 0 Å². The quantitative estimate of drug-likeness (QED) is 0.347. The van der Waals surface area contributed by atoms with Crippen LogP contribution in [0.4, 0.5) is 26.3 Å². The molecule has 0 radical (unpaired) electrons. The third-order valence-electron chi connectivity index (χ3n) is 4.91. The Morgan fingerprint density at radius 2 is 1.54 bits per heavy atom. The van der Waals surface area contributed by atoms with E-state index in [1.807, 2.05) is 0 Å². The van der Waals surface area contributed by atoms with Crippen molar-refractivity contribution in [3.05, 3.63) is 83.2 Å². The van der Waals surface area contributed by atoms with Crippen molar-refractivity contribution < 1.29 is 31.1 Å². The van der Waals surface area contributed by atoms with E-state index in [1.165, 1.54) is 12.1 Å². The van der Waals surface area contributed by atoms with E-state index < -0.39 is 23.5 Å². The molecule has 0 fully saturated rings. The SMILES string of the molecule is N#Cc1n[nH]nc1-c1cc(OCc2ccc(-c3ccc(C(F)(F)F)cn3)cc2)cc(C(F)(F)F)c1. The maximum atomic E-state index is 13.4. The lowest BCUT2D eigenvalue weighted by Gasteiger charge is -2.13. The number of aromatic nitrogens is 4. The molecule has 4 aromatic rings. The molecular weight excluding hydrogens is 476 g/mol. The summed E-state index contributed by atoms with van der Waals surface area (Å²) in [5.41, 5.74) is -0.574. The van der Waals surface area contributed by atoms with E-state index >= 15 is 0 Å². The number of ether oxygens (including phenoxy) is 1. The topological polar surface area (TPSA) is 87.5 Å². The summed E-state index contributed by atoms with van der Waals surface area (Å²) in [4.78, 5) is 3.83. The molecule has 4 rings (SSSR count). The molecule has 0 saturated carbocycles. The van der Waals surface area contributed by atoms with Crippen molar-refractivity contribution in [1.29, 1.82) is 5.26 Å². The molecule has 0 bridgehead atoms. The van der Waals surface area contributed by atoms with Crippen LogP contribution in [0.1, 0.15) is 22.4 Å². The van der Waals surface area contributed by atoms with Crippen LogP contribution in [0.15, 0.2) is 60.8 Å². The standard InChI is InChI=1S/C23H13F6N5O/c24-22(25,26)16-5-6-19(31-11-16)14-3-1-13(2-4-14)12-35-18-8-15(7-17(9-18)23(27,28)29)21-20(10-30)32-34-33-21/h1-9,11H,12H2,(H,32,33,34). The van der Waals surface area contributed by atoms with Crippen LogP contribution in [-0.2, 0) is 19.0 Å². The molecule has 1 N–H and O–H groups in total. The zero-order valence-electron chi connectivity index (χ0n) is 17.4. The van der Waals surface area contributed by atoms with Crippen LogP contribution in [0, 0.1) is 11.3 Å². The average molecular weight is 489 g/mol. The number of aromatic amines is 1. The molecule has 6 nitrogen and oxygen atoms in total. The number of hydrogen-bond donors (Lipinski definition) is 1. The number of nitrogens with one attached hydrogen (secondary N) is 1. The summed E-state index contributed by atoms with van der Waals surface area (Å²) in [6.07, 6.45) is -8.41. The molecule has 0 saturated heterocycles. The number of H-pyrrole nitrogens is 1. The summed E-state index contributed by atoms with van der Waals surface area (Å²) in [6.45, 7) is -0.0919. The first-order valence-corrected chi connectivity index (χ1v) is 9.83. The lowest BCUT2D eigenvalue weighted by Crippen LogP contribution is -2.06. The van der Waals surface area contributed by atoms with Crippen molar-refractivity contribution in [3.63, 3.8) is 0 Å².